The van der Waals surface area contributed by atoms with E-state index in [2.05, 4.69) is 36.1 Å². The minimum atomic E-state index is -0.534. The van der Waals surface area contributed by atoms with Gasteiger partial charge in [0, 0.05) is 55.0 Å². The Balaban J connectivity index is 1.02. The molecule has 1 atom stereocenters. The van der Waals surface area contributed by atoms with Crippen molar-refractivity contribution >= 4 is 27.7 Å². The first-order valence-electron chi connectivity index (χ1n) is 19.8. The van der Waals surface area contributed by atoms with Gasteiger partial charge in [0.25, 0.3) is 5.91 Å². The fourth-order valence-corrected chi connectivity index (χ4v) is 8.92. The molecular formula is C44H44F2N8O3. The highest BCUT2D eigenvalue weighted by Crippen LogP contribution is 2.37. The van der Waals surface area contributed by atoms with Gasteiger partial charge in [-0.15, -0.1) is 0 Å². The minimum Gasteiger partial charge on any atom is -0.376 e. The number of nitrogens with zero attached hydrogens (tertiary/aromatic N) is 7. The standard InChI is InChI=1S/C44H44F2N8O3/c1-25-17-31(18-26(2)39(25)45)54-41(52-15-14-51(43(52)56)38-10-9-37-32(40(38)46)22-47-53(37)23-27-5-6-27)33-24-50(13-11-35(33)49-54)42(55)36-20-30-19-28(7-8-34(30)48-36)29-12-16-57-44(3,4)21-29/h7-10,14-15,17-20,22,27,29,48H,5-6,11-13,16,21,23-24H2,1-4H3. The summed E-state index contributed by atoms with van der Waals surface area (Å²) in [4.78, 5) is 33.8. The van der Waals surface area contributed by atoms with E-state index in [1.54, 1.807) is 47.8 Å². The molecule has 2 aliphatic heterocycles. The molecule has 1 saturated carbocycles. The van der Waals surface area contributed by atoms with Gasteiger partial charge in [-0.05, 0) is 124 Å². The van der Waals surface area contributed by atoms with Crippen LogP contribution >= 0.6 is 0 Å². The van der Waals surface area contributed by atoms with Crippen molar-refractivity contribution in [2.75, 3.05) is 13.2 Å². The Morgan fingerprint density at radius 3 is 2.54 bits per heavy atom. The third-order valence-corrected chi connectivity index (χ3v) is 12.1. The zero-order valence-electron chi connectivity index (χ0n) is 32.5. The maximum atomic E-state index is 16.2. The SMILES string of the molecule is Cc1cc(-n2nc3c(c2-n2ccn(-c4ccc5c(cnn5CC5CC5)c4F)c2=O)CN(C(=O)c2cc4cc(C5CCOC(C)(C)C5)ccc4[nH]2)CC3)cc(C)c1F. The molecule has 1 amide bonds. The van der Waals surface area contributed by atoms with Gasteiger partial charge in [0.05, 0.1) is 46.3 Å². The van der Waals surface area contributed by atoms with Gasteiger partial charge in [0.2, 0.25) is 0 Å². The fraction of sp³-hybridized carbons (Fsp3) is 0.364. The van der Waals surface area contributed by atoms with Crippen molar-refractivity contribution in [1.82, 2.24) is 38.6 Å². The molecule has 10 rings (SSSR count). The summed E-state index contributed by atoms with van der Waals surface area (Å²) in [7, 11) is 0. The predicted molar refractivity (Wildman–Crippen MR) is 213 cm³/mol. The highest BCUT2D eigenvalue weighted by molar-refractivity contribution is 5.98. The Morgan fingerprint density at radius 1 is 0.982 bits per heavy atom. The summed E-state index contributed by atoms with van der Waals surface area (Å²) in [6, 6.07) is 15.1. The quantitative estimate of drug-likeness (QED) is 0.178. The molecule has 0 radical (unpaired) electrons. The number of nitrogens with one attached hydrogen (secondary N) is 1. The van der Waals surface area contributed by atoms with E-state index in [-0.39, 0.29) is 29.6 Å². The van der Waals surface area contributed by atoms with E-state index < -0.39 is 11.5 Å². The Bertz CT molecular complexity index is 2790. The maximum Gasteiger partial charge on any atom is 0.338 e. The molecule has 13 heteroatoms. The Kier molecular flexibility index (Phi) is 8.19. The Morgan fingerprint density at radius 2 is 1.77 bits per heavy atom. The topological polar surface area (TPSA) is 108 Å². The number of hydrogen-bond acceptors (Lipinski definition) is 5. The van der Waals surface area contributed by atoms with Crippen LogP contribution in [-0.4, -0.2) is 63.2 Å². The first kappa shape index (κ1) is 35.6. The number of carbonyl (C=O) groups is 1. The summed E-state index contributed by atoms with van der Waals surface area (Å²) in [5.41, 5.74) is 5.56. The van der Waals surface area contributed by atoms with E-state index in [4.69, 9.17) is 9.84 Å². The average molecular weight is 771 g/mol. The van der Waals surface area contributed by atoms with Gasteiger partial charge in [0.1, 0.15) is 17.3 Å². The molecule has 1 aliphatic carbocycles. The lowest BCUT2D eigenvalue weighted by atomic mass is 9.83. The van der Waals surface area contributed by atoms with Gasteiger partial charge in [-0.2, -0.15) is 10.2 Å². The first-order chi connectivity index (χ1) is 27.4. The molecule has 4 aromatic heterocycles. The number of amides is 1. The number of aryl methyl sites for hydroxylation is 2. The largest absolute Gasteiger partial charge is 0.376 e. The maximum absolute atomic E-state index is 16.2. The lowest BCUT2D eigenvalue weighted by molar-refractivity contribution is -0.0592. The third kappa shape index (κ3) is 6.10. The van der Waals surface area contributed by atoms with Crippen LogP contribution in [0, 0.1) is 31.4 Å². The van der Waals surface area contributed by atoms with Crippen molar-refractivity contribution in [1.29, 1.82) is 0 Å². The second kappa shape index (κ2) is 13.1. The summed E-state index contributed by atoms with van der Waals surface area (Å²) in [5.74, 6) is 0.342. The number of aromatic amines is 1. The van der Waals surface area contributed by atoms with E-state index in [9.17, 15) is 14.0 Å². The van der Waals surface area contributed by atoms with E-state index in [1.165, 1.54) is 27.1 Å². The molecule has 2 fully saturated rings. The molecule has 57 heavy (non-hydrogen) atoms. The van der Waals surface area contributed by atoms with E-state index >= 15 is 4.39 Å². The molecule has 3 aromatic carbocycles. The van der Waals surface area contributed by atoms with Gasteiger partial charge < -0.3 is 14.6 Å². The van der Waals surface area contributed by atoms with Crippen molar-refractivity contribution in [3.8, 4) is 17.2 Å². The van der Waals surface area contributed by atoms with Crippen molar-refractivity contribution in [3.63, 3.8) is 0 Å². The van der Waals surface area contributed by atoms with Crippen LogP contribution < -0.4 is 5.69 Å². The van der Waals surface area contributed by atoms with Crippen LogP contribution in [0.2, 0.25) is 0 Å². The molecule has 0 spiro atoms. The highest BCUT2D eigenvalue weighted by Gasteiger charge is 2.33. The molecule has 3 aliphatic rings. The lowest BCUT2D eigenvalue weighted by Crippen LogP contribution is -2.36. The van der Waals surface area contributed by atoms with Crippen molar-refractivity contribution in [3.05, 3.63) is 123 Å². The highest BCUT2D eigenvalue weighted by atomic mass is 19.1. The van der Waals surface area contributed by atoms with E-state index in [0.717, 1.165) is 55.4 Å². The minimum absolute atomic E-state index is 0.102. The van der Waals surface area contributed by atoms with Crippen LogP contribution in [-0.2, 0) is 24.2 Å². The van der Waals surface area contributed by atoms with Gasteiger partial charge >= 0.3 is 5.69 Å². The normalized spacial score (nSPS) is 18.1. The van der Waals surface area contributed by atoms with Crippen LogP contribution in [0.3, 0.4) is 0 Å². The number of carbonyl (C=O) groups excluding carboxylic acids is 1. The summed E-state index contributed by atoms with van der Waals surface area (Å²) >= 11 is 0. The van der Waals surface area contributed by atoms with Gasteiger partial charge in [-0.3, -0.25) is 18.6 Å². The van der Waals surface area contributed by atoms with Crippen molar-refractivity contribution in [2.24, 2.45) is 5.92 Å². The molecule has 292 valence electrons. The number of H-pyrrole nitrogens is 1. The van der Waals surface area contributed by atoms with Crippen LogP contribution in [0.15, 0.2) is 71.9 Å². The van der Waals surface area contributed by atoms with Gasteiger partial charge in [-0.1, -0.05) is 6.07 Å². The molecule has 1 N–H and O–H groups in total. The molecule has 6 heterocycles. The summed E-state index contributed by atoms with van der Waals surface area (Å²) in [6.45, 7) is 9.70. The molecular weight excluding hydrogens is 727 g/mol. The van der Waals surface area contributed by atoms with Crippen LogP contribution in [0.4, 0.5) is 8.78 Å². The smallest absolute Gasteiger partial charge is 0.338 e. The van der Waals surface area contributed by atoms with E-state index in [0.29, 0.717) is 69.6 Å². The molecule has 1 saturated heterocycles. The summed E-state index contributed by atoms with van der Waals surface area (Å²) < 4.78 is 43.2. The fourth-order valence-electron chi connectivity index (χ4n) is 8.92. The molecule has 11 nitrogen and oxygen atoms in total. The molecule has 7 aromatic rings. The van der Waals surface area contributed by atoms with Crippen LogP contribution in [0.1, 0.15) is 83.9 Å². The summed E-state index contributed by atoms with van der Waals surface area (Å²) in [6.07, 6.45) is 9.27. The number of aromatic nitrogens is 7. The zero-order valence-corrected chi connectivity index (χ0v) is 32.5. The average Bonchev–Trinajstić information content (AvgIpc) is 3.46. The van der Waals surface area contributed by atoms with Crippen LogP contribution in [0.25, 0.3) is 39.0 Å². The molecule has 1 unspecified atom stereocenters. The first-order valence-corrected chi connectivity index (χ1v) is 19.8. The number of halogens is 2. The lowest BCUT2D eigenvalue weighted by Gasteiger charge is -2.35. The Hall–Kier alpha value is -5.82. The second-order valence-corrected chi connectivity index (χ2v) is 16.8. The zero-order chi connectivity index (χ0) is 39.3. The monoisotopic (exact) mass is 770 g/mol. The molecule has 0 bridgehead atoms. The number of fused-ring (bicyclic) bond motifs is 3. The van der Waals surface area contributed by atoms with E-state index in [1.807, 2.05) is 22.9 Å². The van der Waals surface area contributed by atoms with Gasteiger partial charge in [0.15, 0.2) is 5.82 Å². The van der Waals surface area contributed by atoms with Crippen molar-refractivity contribution < 1.29 is 18.3 Å². The van der Waals surface area contributed by atoms with Crippen molar-refractivity contribution in [2.45, 2.75) is 84.4 Å². The number of hydrogen-bond donors (Lipinski definition) is 1. The number of ether oxygens (including phenoxy) is 1. The number of rotatable bonds is 7. The number of benzene rings is 3. The predicted octanol–water partition coefficient (Wildman–Crippen LogP) is 7.82. The number of imidazole rings is 1. The Labute approximate surface area is 327 Å². The summed E-state index contributed by atoms with van der Waals surface area (Å²) in [5, 5.41) is 10.7. The van der Waals surface area contributed by atoms with Crippen LogP contribution in [0.5, 0.6) is 0 Å². The second-order valence-electron chi connectivity index (χ2n) is 16.8. The van der Waals surface area contributed by atoms with Gasteiger partial charge in [-0.25, -0.2) is 18.3 Å². The third-order valence-electron chi connectivity index (χ3n) is 12.1.